The summed E-state index contributed by atoms with van der Waals surface area (Å²) in [5.74, 6) is -1.17. The van der Waals surface area contributed by atoms with Crippen LogP contribution in [0.2, 0.25) is 5.15 Å². The van der Waals surface area contributed by atoms with Gasteiger partial charge in [0.25, 0.3) is 10.0 Å². The Kier molecular flexibility index (Phi) is 4.33. The maximum Gasteiger partial charge on any atom is 0.345 e. The number of aromatic carboxylic acids is 1. The van der Waals surface area contributed by atoms with Gasteiger partial charge in [0, 0.05) is 5.38 Å². The smallest absolute Gasteiger partial charge is 0.345 e. The molecule has 0 saturated heterocycles. The number of carboxylic acids is 1. The van der Waals surface area contributed by atoms with Crippen LogP contribution in [0.1, 0.15) is 9.67 Å². The van der Waals surface area contributed by atoms with Gasteiger partial charge >= 0.3 is 5.97 Å². The van der Waals surface area contributed by atoms with Crippen LogP contribution < -0.4 is 4.72 Å². The van der Waals surface area contributed by atoms with E-state index in [0.717, 1.165) is 17.4 Å². The van der Waals surface area contributed by atoms with E-state index >= 15 is 0 Å². The van der Waals surface area contributed by atoms with Crippen LogP contribution in [-0.2, 0) is 10.0 Å². The molecule has 2 rings (SSSR count). The van der Waals surface area contributed by atoms with E-state index in [1.54, 1.807) is 0 Å². The lowest BCUT2D eigenvalue weighted by atomic mass is 10.4. The Hall–Kier alpha value is -1.16. The summed E-state index contributed by atoms with van der Waals surface area (Å²) >= 11 is 9.67. The summed E-state index contributed by atoms with van der Waals surface area (Å²) in [5.41, 5.74) is 0.212. The minimum atomic E-state index is -3.86. The van der Waals surface area contributed by atoms with Gasteiger partial charge in [-0.15, -0.1) is 11.3 Å². The van der Waals surface area contributed by atoms with E-state index in [-0.39, 0.29) is 20.6 Å². The molecule has 0 bridgehead atoms. The number of anilines is 1. The second kappa shape index (κ2) is 5.68. The van der Waals surface area contributed by atoms with E-state index in [2.05, 4.69) is 25.6 Å². The predicted molar refractivity (Wildman–Crippen MR) is 79.0 cm³/mol. The molecule has 10 heteroatoms. The van der Waals surface area contributed by atoms with Crippen LogP contribution in [0.4, 0.5) is 5.69 Å². The zero-order valence-electron chi connectivity index (χ0n) is 9.50. The van der Waals surface area contributed by atoms with E-state index in [1.165, 1.54) is 17.6 Å². The number of carbonyl (C=O) groups is 1. The van der Waals surface area contributed by atoms with Crippen molar-refractivity contribution in [3.05, 3.63) is 38.2 Å². The Labute approximate surface area is 131 Å². The molecule has 2 N–H and O–H groups in total. The molecular weight excluding hydrogens is 392 g/mol. The van der Waals surface area contributed by atoms with Gasteiger partial charge in [-0.3, -0.25) is 4.72 Å². The largest absolute Gasteiger partial charge is 0.477 e. The standard InChI is InChI=1S/C10H6BrClN2O4S2/c11-7-1-5(3-13-9(7)12)14-20(17,18)6-2-8(10(15)16)19-4-6/h1-4,14H,(H,15,16). The fourth-order valence-electron chi connectivity index (χ4n) is 1.26. The van der Waals surface area contributed by atoms with Crippen molar-refractivity contribution in [2.45, 2.75) is 4.90 Å². The number of aromatic nitrogens is 1. The number of hydrogen-bond donors (Lipinski definition) is 2. The quantitative estimate of drug-likeness (QED) is 0.773. The molecule has 0 aliphatic carbocycles. The maximum atomic E-state index is 12.1. The van der Waals surface area contributed by atoms with Crippen molar-refractivity contribution in [2.24, 2.45) is 0 Å². The van der Waals surface area contributed by atoms with Crippen LogP contribution in [0.5, 0.6) is 0 Å². The van der Waals surface area contributed by atoms with Crippen molar-refractivity contribution in [3.63, 3.8) is 0 Å². The summed E-state index contributed by atoms with van der Waals surface area (Å²) in [4.78, 5) is 14.4. The number of carboxylic acid groups (broad SMARTS) is 1. The molecule has 0 atom stereocenters. The van der Waals surface area contributed by atoms with Crippen LogP contribution in [0, 0.1) is 0 Å². The molecule has 106 valence electrons. The van der Waals surface area contributed by atoms with Gasteiger partial charge in [-0.1, -0.05) is 11.6 Å². The lowest BCUT2D eigenvalue weighted by molar-refractivity contribution is 0.0702. The van der Waals surface area contributed by atoms with E-state index in [4.69, 9.17) is 16.7 Å². The average Bonchev–Trinajstić information content (AvgIpc) is 2.84. The van der Waals surface area contributed by atoms with Crippen LogP contribution >= 0.6 is 38.9 Å². The fraction of sp³-hybridized carbons (Fsp3) is 0. The second-order valence-electron chi connectivity index (χ2n) is 3.55. The van der Waals surface area contributed by atoms with Crippen molar-refractivity contribution in [1.29, 1.82) is 0 Å². The van der Waals surface area contributed by atoms with Crippen molar-refractivity contribution >= 4 is 60.5 Å². The van der Waals surface area contributed by atoms with E-state index in [0.29, 0.717) is 4.47 Å². The molecule has 0 aliphatic rings. The van der Waals surface area contributed by atoms with Gasteiger partial charge in [0.15, 0.2) is 0 Å². The van der Waals surface area contributed by atoms with Crippen molar-refractivity contribution in [1.82, 2.24) is 4.98 Å². The van der Waals surface area contributed by atoms with Gasteiger partial charge in [-0.2, -0.15) is 0 Å². The number of hydrogen-bond acceptors (Lipinski definition) is 5. The topological polar surface area (TPSA) is 96.4 Å². The van der Waals surface area contributed by atoms with Crippen molar-refractivity contribution in [3.8, 4) is 0 Å². The first kappa shape index (κ1) is 15.2. The van der Waals surface area contributed by atoms with Crippen molar-refractivity contribution < 1.29 is 18.3 Å². The average molecular weight is 398 g/mol. The van der Waals surface area contributed by atoms with Crippen molar-refractivity contribution in [2.75, 3.05) is 4.72 Å². The second-order valence-corrected chi connectivity index (χ2v) is 7.36. The fourth-order valence-corrected chi connectivity index (χ4v) is 3.86. The Bertz CT molecular complexity index is 775. The minimum Gasteiger partial charge on any atom is -0.477 e. The molecule has 6 nitrogen and oxygen atoms in total. The molecule has 0 radical (unpaired) electrons. The van der Waals surface area contributed by atoms with Crippen LogP contribution in [0.25, 0.3) is 0 Å². The molecule has 0 aliphatic heterocycles. The first-order valence-corrected chi connectivity index (χ1v) is 8.48. The monoisotopic (exact) mass is 396 g/mol. The van der Waals surface area contributed by atoms with E-state index in [1.807, 2.05) is 0 Å². The Morgan fingerprint density at radius 2 is 2.15 bits per heavy atom. The Balaban J connectivity index is 2.30. The summed E-state index contributed by atoms with van der Waals surface area (Å²) in [6.07, 6.45) is 1.26. The molecule has 2 heterocycles. The van der Waals surface area contributed by atoms with Gasteiger partial charge in [0.2, 0.25) is 0 Å². The minimum absolute atomic E-state index is 0.0548. The Morgan fingerprint density at radius 3 is 2.70 bits per heavy atom. The zero-order chi connectivity index (χ0) is 14.9. The number of pyridine rings is 1. The van der Waals surface area contributed by atoms with Gasteiger partial charge < -0.3 is 5.11 Å². The highest BCUT2D eigenvalue weighted by Gasteiger charge is 2.19. The number of nitrogens with one attached hydrogen (secondary N) is 1. The lowest BCUT2D eigenvalue weighted by Crippen LogP contribution is -2.12. The number of halogens is 2. The van der Waals surface area contributed by atoms with Crippen LogP contribution in [0.3, 0.4) is 0 Å². The SMILES string of the molecule is O=C(O)c1cc(S(=O)(=O)Nc2cnc(Cl)c(Br)c2)cs1. The first-order valence-electron chi connectivity index (χ1n) is 4.95. The molecule has 20 heavy (non-hydrogen) atoms. The molecule has 0 unspecified atom stereocenters. The molecule has 0 aromatic carbocycles. The van der Waals surface area contributed by atoms with Gasteiger partial charge in [0.1, 0.15) is 10.0 Å². The molecule has 0 saturated carbocycles. The summed E-state index contributed by atoms with van der Waals surface area (Å²) in [6, 6.07) is 2.55. The number of rotatable bonds is 4. The normalized spacial score (nSPS) is 11.3. The van der Waals surface area contributed by atoms with Gasteiger partial charge in [0.05, 0.1) is 21.3 Å². The third-order valence-corrected chi connectivity index (χ3v) is 5.71. The summed E-state index contributed by atoms with van der Waals surface area (Å²) in [5, 5.41) is 10.2. The Morgan fingerprint density at radius 1 is 1.45 bits per heavy atom. The molecule has 0 amide bonds. The molecule has 0 spiro atoms. The number of sulfonamides is 1. The van der Waals surface area contributed by atoms with Crippen LogP contribution in [-0.4, -0.2) is 24.5 Å². The molecular formula is C10H6BrClN2O4S2. The summed E-state index contributed by atoms with van der Waals surface area (Å²) in [7, 11) is -3.86. The van der Waals surface area contributed by atoms with E-state index in [9.17, 15) is 13.2 Å². The first-order chi connectivity index (χ1) is 9.29. The predicted octanol–water partition coefficient (Wildman–Crippen LogP) is 3.06. The third-order valence-electron chi connectivity index (χ3n) is 2.14. The van der Waals surface area contributed by atoms with Crippen LogP contribution in [0.15, 0.2) is 33.1 Å². The zero-order valence-corrected chi connectivity index (χ0v) is 13.5. The molecule has 0 fully saturated rings. The lowest BCUT2D eigenvalue weighted by Gasteiger charge is -2.06. The highest BCUT2D eigenvalue weighted by molar-refractivity contribution is 9.10. The van der Waals surface area contributed by atoms with Gasteiger partial charge in [-0.05, 0) is 28.1 Å². The molecule has 2 aromatic rings. The number of nitrogens with zero attached hydrogens (tertiary/aromatic N) is 1. The maximum absolute atomic E-state index is 12.1. The summed E-state index contributed by atoms with van der Waals surface area (Å²) in [6.45, 7) is 0. The number of thiophene rings is 1. The van der Waals surface area contributed by atoms with E-state index < -0.39 is 16.0 Å². The molecule has 2 aromatic heterocycles. The third kappa shape index (κ3) is 3.29. The highest BCUT2D eigenvalue weighted by Crippen LogP contribution is 2.26. The van der Waals surface area contributed by atoms with Gasteiger partial charge in [-0.25, -0.2) is 18.2 Å². The highest BCUT2D eigenvalue weighted by atomic mass is 79.9. The summed E-state index contributed by atoms with van der Waals surface area (Å²) < 4.78 is 26.9.